The van der Waals surface area contributed by atoms with E-state index in [0.717, 1.165) is 0 Å². The molecular formula is C28H22ClF6N3O5. The third-order valence-electron chi connectivity index (χ3n) is 7.87. The maximum absolute atomic E-state index is 14.9. The van der Waals surface area contributed by atoms with Crippen LogP contribution < -0.4 is 10.4 Å². The maximum Gasteiger partial charge on any atom is 0.421 e. The minimum absolute atomic E-state index is 0.0324. The largest absolute Gasteiger partial charge is 0.478 e. The number of aromatic carboxylic acids is 1. The van der Waals surface area contributed by atoms with Gasteiger partial charge in [0.05, 0.1) is 28.8 Å². The van der Waals surface area contributed by atoms with Crippen LogP contribution in [-0.4, -0.2) is 38.0 Å². The number of aryl methyl sites for hydroxylation is 2. The van der Waals surface area contributed by atoms with E-state index in [4.69, 9.17) is 26.2 Å². The molecule has 1 unspecified atom stereocenters. The van der Waals surface area contributed by atoms with Crippen molar-refractivity contribution in [1.82, 2.24) is 14.1 Å². The van der Waals surface area contributed by atoms with Gasteiger partial charge in [-0.25, -0.2) is 14.6 Å². The van der Waals surface area contributed by atoms with Crippen molar-refractivity contribution in [2.24, 2.45) is 20.0 Å². The van der Waals surface area contributed by atoms with Crippen molar-refractivity contribution in [3.8, 4) is 11.6 Å². The van der Waals surface area contributed by atoms with Crippen LogP contribution in [0.25, 0.3) is 11.0 Å². The highest BCUT2D eigenvalue weighted by molar-refractivity contribution is 6.31. The average molecular weight is 630 g/mol. The first kappa shape index (κ1) is 30.4. The van der Waals surface area contributed by atoms with Crippen LogP contribution in [0.2, 0.25) is 5.02 Å². The first-order valence-corrected chi connectivity index (χ1v) is 13.0. The molecule has 0 amide bonds. The smallest absolute Gasteiger partial charge is 0.421 e. The number of carboxylic acids is 1. The van der Waals surface area contributed by atoms with Crippen LogP contribution in [-0.2, 0) is 30.6 Å². The molecule has 5 rings (SSSR count). The molecule has 8 nitrogen and oxygen atoms in total. The number of carboxylic acid groups (broad SMARTS) is 1. The Kier molecular flexibility index (Phi) is 7.29. The average Bonchev–Trinajstić information content (AvgIpc) is 3.38. The molecule has 0 bridgehead atoms. The first-order chi connectivity index (χ1) is 20.0. The quantitative estimate of drug-likeness (QED) is 0.249. The van der Waals surface area contributed by atoms with E-state index in [0.29, 0.717) is 23.3 Å². The summed E-state index contributed by atoms with van der Waals surface area (Å²) in [6, 6.07) is 8.33. The van der Waals surface area contributed by atoms with E-state index < -0.39 is 58.5 Å². The Hall–Kier alpha value is -4.04. The van der Waals surface area contributed by atoms with Crippen molar-refractivity contribution < 1.29 is 45.7 Å². The van der Waals surface area contributed by atoms with Crippen LogP contribution in [0.15, 0.2) is 53.5 Å². The summed E-state index contributed by atoms with van der Waals surface area (Å²) in [5.74, 6) is -4.53. The van der Waals surface area contributed by atoms with Crippen LogP contribution >= 0.6 is 11.6 Å². The van der Waals surface area contributed by atoms with Crippen molar-refractivity contribution >= 4 is 28.6 Å². The fourth-order valence-corrected chi connectivity index (χ4v) is 5.93. The van der Waals surface area contributed by atoms with Crippen LogP contribution in [0.3, 0.4) is 0 Å². The van der Waals surface area contributed by atoms with Gasteiger partial charge in [0.25, 0.3) is 0 Å². The molecule has 1 aliphatic heterocycles. The van der Waals surface area contributed by atoms with E-state index in [1.807, 2.05) is 0 Å². The highest BCUT2D eigenvalue weighted by Crippen LogP contribution is 2.57. The molecule has 2 aromatic carbocycles. The summed E-state index contributed by atoms with van der Waals surface area (Å²) in [6.45, 7) is 1.02. The zero-order chi connectivity index (χ0) is 31.6. The normalized spacial score (nSPS) is 21.0. The van der Waals surface area contributed by atoms with E-state index in [1.165, 1.54) is 66.6 Å². The number of ether oxygens (including phenoxy) is 2. The molecule has 4 aromatic rings. The van der Waals surface area contributed by atoms with E-state index >= 15 is 0 Å². The molecule has 1 saturated heterocycles. The number of alkyl halides is 6. The number of hydrogen-bond donors (Lipinski definition) is 1. The molecule has 0 aliphatic carbocycles. The Morgan fingerprint density at radius 3 is 2.35 bits per heavy atom. The SMILES string of the molecule is C[C@H]1C(c2ccc(Oc3cc(C(F)(F)F)c(C(=O)O)cn3)cc2Cl)CO[C@@]1(c1ccc2c(c1)n(C)c(=O)n2C)C(F)(F)F. The van der Waals surface area contributed by atoms with Gasteiger partial charge in [-0.3, -0.25) is 9.13 Å². The molecule has 3 atom stereocenters. The van der Waals surface area contributed by atoms with Crippen molar-refractivity contribution in [2.45, 2.75) is 30.8 Å². The van der Waals surface area contributed by atoms with Gasteiger partial charge in [0.2, 0.25) is 5.88 Å². The summed E-state index contributed by atoms with van der Waals surface area (Å²) in [5.41, 5.74) is -4.83. The van der Waals surface area contributed by atoms with Crippen molar-refractivity contribution in [3.63, 3.8) is 0 Å². The second-order valence-corrected chi connectivity index (χ2v) is 10.6. The van der Waals surface area contributed by atoms with Gasteiger partial charge in [0.1, 0.15) is 5.75 Å². The number of nitrogens with zero attached hydrogens (tertiary/aromatic N) is 3. The lowest BCUT2D eigenvalue weighted by atomic mass is 9.75. The van der Waals surface area contributed by atoms with Gasteiger partial charge in [0.15, 0.2) is 5.60 Å². The predicted molar refractivity (Wildman–Crippen MR) is 141 cm³/mol. The number of carbonyl (C=O) groups is 1. The summed E-state index contributed by atoms with van der Waals surface area (Å²) < 4.78 is 98.2. The maximum atomic E-state index is 14.9. The van der Waals surface area contributed by atoms with Gasteiger partial charge < -0.3 is 14.6 Å². The minimum Gasteiger partial charge on any atom is -0.478 e. The van der Waals surface area contributed by atoms with Gasteiger partial charge in [-0.1, -0.05) is 30.7 Å². The number of aromatic nitrogens is 3. The highest BCUT2D eigenvalue weighted by atomic mass is 35.5. The number of imidazole rings is 1. The van der Waals surface area contributed by atoms with E-state index in [-0.39, 0.29) is 28.5 Å². The minimum atomic E-state index is -5.00. The van der Waals surface area contributed by atoms with E-state index in [2.05, 4.69) is 4.98 Å². The molecule has 228 valence electrons. The van der Waals surface area contributed by atoms with E-state index in [1.54, 1.807) is 0 Å². The Morgan fingerprint density at radius 1 is 1.07 bits per heavy atom. The number of benzene rings is 2. The van der Waals surface area contributed by atoms with Crippen LogP contribution in [0.4, 0.5) is 26.3 Å². The van der Waals surface area contributed by atoms with Gasteiger partial charge in [-0.2, -0.15) is 26.3 Å². The molecule has 0 spiro atoms. The summed E-state index contributed by atoms with van der Waals surface area (Å²) >= 11 is 6.45. The molecule has 1 N–H and O–H groups in total. The lowest BCUT2D eigenvalue weighted by molar-refractivity contribution is -0.281. The molecule has 1 aliphatic rings. The first-order valence-electron chi connectivity index (χ1n) is 12.6. The Labute approximate surface area is 244 Å². The van der Waals surface area contributed by atoms with E-state index in [9.17, 15) is 35.9 Å². The fraction of sp³-hybridized carbons (Fsp3) is 0.321. The van der Waals surface area contributed by atoms with Crippen LogP contribution in [0.1, 0.15) is 39.9 Å². The monoisotopic (exact) mass is 629 g/mol. The molecule has 1 fully saturated rings. The predicted octanol–water partition coefficient (Wildman–Crippen LogP) is 6.64. The number of fused-ring (bicyclic) bond motifs is 1. The third-order valence-corrected chi connectivity index (χ3v) is 8.19. The molecule has 15 heteroatoms. The topological polar surface area (TPSA) is 95.6 Å². The van der Waals surface area contributed by atoms with Crippen molar-refractivity contribution in [1.29, 1.82) is 0 Å². The second kappa shape index (κ2) is 10.3. The highest BCUT2D eigenvalue weighted by Gasteiger charge is 2.65. The standard InChI is InChI=1S/C28H22ClF6N3O5/c1-13-18(12-42-26(13,28(33,34)35)14-4-7-21-22(8-14)38(3)25(41)37(21)2)16-6-5-15(9-20(16)29)43-23-10-19(27(30,31)32)17(11-36-23)24(39)40/h4-11,13,18H,12H2,1-3H3,(H,39,40)/t13-,18?,26-/m0/s1. The number of rotatable bonds is 5. The van der Waals surface area contributed by atoms with Gasteiger partial charge in [-0.05, 0) is 35.4 Å². The molecule has 3 heterocycles. The summed E-state index contributed by atoms with van der Waals surface area (Å²) in [5, 5.41) is 9.01. The fourth-order valence-electron chi connectivity index (χ4n) is 5.62. The van der Waals surface area contributed by atoms with Gasteiger partial charge >= 0.3 is 24.0 Å². The Bertz CT molecular complexity index is 1820. The number of pyridine rings is 1. The molecule has 43 heavy (non-hydrogen) atoms. The lowest BCUT2D eigenvalue weighted by Gasteiger charge is -2.36. The summed E-state index contributed by atoms with van der Waals surface area (Å²) in [4.78, 5) is 27.1. The molecular weight excluding hydrogens is 608 g/mol. The third kappa shape index (κ3) is 4.91. The Morgan fingerprint density at radius 2 is 1.74 bits per heavy atom. The van der Waals surface area contributed by atoms with Gasteiger partial charge in [0, 0.05) is 43.2 Å². The zero-order valence-corrected chi connectivity index (χ0v) is 23.3. The van der Waals surface area contributed by atoms with Crippen molar-refractivity contribution in [2.75, 3.05) is 6.61 Å². The summed E-state index contributed by atoms with van der Waals surface area (Å²) in [7, 11) is 2.97. The molecule has 2 aromatic heterocycles. The Balaban J connectivity index is 1.48. The second-order valence-electron chi connectivity index (χ2n) is 10.2. The van der Waals surface area contributed by atoms with Gasteiger partial charge in [-0.15, -0.1) is 0 Å². The lowest BCUT2D eigenvalue weighted by Crippen LogP contribution is -2.46. The zero-order valence-electron chi connectivity index (χ0n) is 22.5. The number of halogens is 7. The molecule has 0 radical (unpaired) electrons. The van der Waals surface area contributed by atoms with Crippen molar-refractivity contribution in [3.05, 3.63) is 86.4 Å². The van der Waals surface area contributed by atoms with Crippen LogP contribution in [0, 0.1) is 5.92 Å². The number of hydrogen-bond acceptors (Lipinski definition) is 5. The molecule has 0 saturated carbocycles. The van der Waals surface area contributed by atoms with Crippen LogP contribution in [0.5, 0.6) is 11.6 Å². The summed E-state index contributed by atoms with van der Waals surface area (Å²) in [6.07, 6.45) is -9.35.